The minimum atomic E-state index is -5.11. The maximum absolute atomic E-state index is 16.2. The first-order chi connectivity index (χ1) is 31.6. The molecule has 12 nitrogen and oxygen atoms in total. The van der Waals surface area contributed by atoms with Crippen LogP contribution in [-0.4, -0.2) is 120 Å². The standard InChI is InChI=1S/C46H57F7N5O7PS/c1-4-21-64-43(62)28(2)55-66(63,65-27-46(51,52)53)39(47)30-11-16-37-31(22-30)23-38(67-37)40(59)54-35-14-12-33(56(3)20-8-17-45(48,49)50)24-34-13-15-36(58(34)41(35)60)42(61)57-26-32(25-44(57)18-19-44)29-9-6-5-7-10-29/h5-7,9-11,16,22-23,28,32-36,39H,4,8,12-15,17-21,24-27H2,1-3H3,(H,54,59)(H,55,63)/t28-,32+,33-,34+,35?,36-,39-,66?/m0/s1. The lowest BCUT2D eigenvalue weighted by Gasteiger charge is -2.41. The largest absolute Gasteiger partial charge is 0.465 e. The third kappa shape index (κ3) is 12.0. The van der Waals surface area contributed by atoms with Crippen LogP contribution in [0, 0.1) is 0 Å². The van der Waals surface area contributed by atoms with Crippen LogP contribution in [0.4, 0.5) is 30.7 Å². The zero-order valence-corrected chi connectivity index (χ0v) is 39.3. The first-order valence-electron chi connectivity index (χ1n) is 22.8. The van der Waals surface area contributed by atoms with E-state index in [0.29, 0.717) is 43.3 Å². The van der Waals surface area contributed by atoms with Crippen LogP contribution >= 0.6 is 18.9 Å². The van der Waals surface area contributed by atoms with E-state index in [1.165, 1.54) is 24.3 Å². The average molecular weight is 988 g/mol. The Balaban J connectivity index is 1.12. The predicted molar refractivity (Wildman–Crippen MR) is 237 cm³/mol. The van der Waals surface area contributed by atoms with Gasteiger partial charge >= 0.3 is 25.8 Å². The normalized spacial score (nSPS) is 24.8. The van der Waals surface area contributed by atoms with Crippen LogP contribution in [0.1, 0.15) is 117 Å². The van der Waals surface area contributed by atoms with Gasteiger partial charge in [-0.15, -0.1) is 11.3 Å². The zero-order chi connectivity index (χ0) is 48.5. The number of nitrogens with zero attached hydrogens (tertiary/aromatic N) is 3. The zero-order valence-electron chi connectivity index (χ0n) is 37.5. The van der Waals surface area contributed by atoms with E-state index in [0.717, 1.165) is 43.1 Å². The summed E-state index contributed by atoms with van der Waals surface area (Å²) < 4.78 is 119. The Morgan fingerprint density at radius 3 is 2.40 bits per heavy atom. The summed E-state index contributed by atoms with van der Waals surface area (Å²) in [5.41, 5.74) is 0.491. The van der Waals surface area contributed by atoms with Gasteiger partial charge in [0.05, 0.1) is 11.5 Å². The van der Waals surface area contributed by atoms with Crippen molar-refractivity contribution >= 4 is 52.6 Å². The Hall–Kier alpha value is -4.10. The molecule has 1 saturated carbocycles. The summed E-state index contributed by atoms with van der Waals surface area (Å²) in [5, 5.41) is 5.22. The summed E-state index contributed by atoms with van der Waals surface area (Å²) in [6.45, 7) is 1.41. The van der Waals surface area contributed by atoms with E-state index in [9.17, 15) is 50.1 Å². The number of carbonyl (C=O) groups excluding carboxylic acids is 4. The fraction of sp³-hybridized carbons (Fsp3) is 0.609. The van der Waals surface area contributed by atoms with Crippen LogP contribution in [0.5, 0.6) is 0 Å². The third-order valence-electron chi connectivity index (χ3n) is 13.5. The van der Waals surface area contributed by atoms with Gasteiger partial charge < -0.3 is 29.3 Å². The number of fused-ring (bicyclic) bond motifs is 2. The molecule has 2 unspecified atom stereocenters. The van der Waals surface area contributed by atoms with Crippen molar-refractivity contribution in [1.82, 2.24) is 25.1 Å². The molecule has 4 heterocycles. The fourth-order valence-electron chi connectivity index (χ4n) is 9.88. The Labute approximate surface area is 388 Å². The monoisotopic (exact) mass is 987 g/mol. The van der Waals surface area contributed by atoms with E-state index in [2.05, 4.69) is 27.1 Å². The van der Waals surface area contributed by atoms with Gasteiger partial charge in [0.25, 0.3) is 5.91 Å². The molecular weight excluding hydrogens is 931 g/mol. The number of nitrogens with one attached hydrogen (secondary N) is 2. The lowest BCUT2D eigenvalue weighted by molar-refractivity contribution is -0.154. The van der Waals surface area contributed by atoms with Gasteiger partial charge in [-0.2, -0.15) is 26.3 Å². The molecule has 67 heavy (non-hydrogen) atoms. The molecule has 3 aromatic rings. The fourth-order valence-corrected chi connectivity index (χ4v) is 12.7. The number of benzene rings is 2. The van der Waals surface area contributed by atoms with Crippen molar-refractivity contribution in [3.8, 4) is 0 Å². The summed E-state index contributed by atoms with van der Waals surface area (Å²) in [6.07, 6.45) is -5.61. The molecule has 1 spiro atoms. The van der Waals surface area contributed by atoms with Crippen LogP contribution in [0.2, 0.25) is 0 Å². The highest BCUT2D eigenvalue weighted by atomic mass is 32.1. The van der Waals surface area contributed by atoms with Crippen LogP contribution in [-0.2, 0) is 28.2 Å². The molecule has 368 valence electrons. The van der Waals surface area contributed by atoms with E-state index < -0.39 is 80.8 Å². The summed E-state index contributed by atoms with van der Waals surface area (Å²) in [6, 6.07) is 11.1. The van der Waals surface area contributed by atoms with Gasteiger partial charge in [0.2, 0.25) is 17.7 Å². The molecule has 0 bridgehead atoms. The molecule has 3 amide bonds. The topological polar surface area (TPSA) is 138 Å². The molecule has 3 saturated heterocycles. The summed E-state index contributed by atoms with van der Waals surface area (Å²) in [4.78, 5) is 61.5. The molecular formula is C46H57F7N5O7PS. The smallest absolute Gasteiger partial charge is 0.412 e. The maximum Gasteiger partial charge on any atom is 0.412 e. The highest BCUT2D eigenvalue weighted by Crippen LogP contribution is 2.59. The number of hydrogen-bond acceptors (Lipinski definition) is 9. The van der Waals surface area contributed by atoms with E-state index >= 15 is 4.39 Å². The molecule has 1 aromatic heterocycles. The van der Waals surface area contributed by atoms with Crippen molar-refractivity contribution < 1.29 is 63.7 Å². The number of ether oxygens (including phenoxy) is 1. The van der Waals surface area contributed by atoms with Gasteiger partial charge in [0, 0.05) is 41.2 Å². The minimum Gasteiger partial charge on any atom is -0.465 e. The van der Waals surface area contributed by atoms with Gasteiger partial charge in [-0.3, -0.25) is 23.7 Å². The van der Waals surface area contributed by atoms with Crippen LogP contribution in [0.25, 0.3) is 10.1 Å². The first-order valence-corrected chi connectivity index (χ1v) is 25.3. The van der Waals surface area contributed by atoms with Gasteiger partial charge in [-0.1, -0.05) is 43.3 Å². The second-order valence-electron chi connectivity index (χ2n) is 18.4. The Morgan fingerprint density at radius 2 is 1.73 bits per heavy atom. The van der Waals surface area contributed by atoms with Gasteiger partial charge in [0.15, 0.2) is 6.61 Å². The number of hydrogen-bond donors (Lipinski definition) is 2. The van der Waals surface area contributed by atoms with Crippen molar-refractivity contribution in [1.29, 1.82) is 0 Å². The van der Waals surface area contributed by atoms with E-state index in [-0.39, 0.29) is 65.2 Å². The number of halogens is 7. The summed E-state index contributed by atoms with van der Waals surface area (Å²) >= 11 is 0.985. The second kappa shape index (κ2) is 20.5. The number of rotatable bonds is 17. The molecule has 0 radical (unpaired) electrons. The molecule has 4 aliphatic rings. The lowest BCUT2D eigenvalue weighted by Crippen LogP contribution is -2.59. The number of amides is 3. The van der Waals surface area contributed by atoms with Crippen molar-refractivity contribution in [2.24, 2.45) is 0 Å². The quantitative estimate of drug-likeness (QED) is 0.0770. The second-order valence-corrected chi connectivity index (χ2v) is 21.7. The lowest BCUT2D eigenvalue weighted by atomic mass is 9.93. The van der Waals surface area contributed by atoms with Crippen molar-refractivity contribution in [2.75, 3.05) is 33.4 Å². The Morgan fingerprint density at radius 1 is 1.00 bits per heavy atom. The number of esters is 1. The SMILES string of the molecule is CCCOC(=O)[C@H](C)NP(=O)(OCC(F)(F)F)[C@H](F)c1ccc2sc(C(=O)NC3CC[C@H](N(C)CCCC(F)(F)F)C[C@H]4CC[C@@H](C(=O)N5C[C@H](c6ccccc6)CC56CC6)N4C3=O)cc2c1. The number of alkyl halides is 7. The number of likely N-dealkylation sites (tertiary alicyclic amines) is 1. The van der Waals surface area contributed by atoms with Crippen molar-refractivity contribution in [3.05, 3.63) is 70.6 Å². The molecule has 8 atom stereocenters. The minimum absolute atomic E-state index is 0.0301. The first kappa shape index (κ1) is 50.8. The maximum atomic E-state index is 16.2. The summed E-state index contributed by atoms with van der Waals surface area (Å²) in [7, 11) is -3.36. The van der Waals surface area contributed by atoms with Gasteiger partial charge in [0.1, 0.15) is 18.1 Å². The third-order valence-corrected chi connectivity index (χ3v) is 16.7. The molecule has 4 fully saturated rings. The van der Waals surface area contributed by atoms with Crippen LogP contribution < -0.4 is 10.4 Å². The molecule has 2 N–H and O–H groups in total. The van der Waals surface area contributed by atoms with Gasteiger partial charge in [-0.05, 0) is 119 Å². The van der Waals surface area contributed by atoms with Crippen molar-refractivity contribution in [2.45, 2.75) is 144 Å². The average Bonchev–Trinajstić information content (AvgIpc) is 3.56. The highest BCUT2D eigenvalue weighted by molar-refractivity contribution is 7.57. The highest BCUT2D eigenvalue weighted by Gasteiger charge is 2.58. The Kier molecular flexibility index (Phi) is 15.5. The van der Waals surface area contributed by atoms with E-state index in [1.54, 1.807) is 18.9 Å². The van der Waals surface area contributed by atoms with Crippen LogP contribution in [0.3, 0.4) is 0 Å². The molecule has 21 heteroatoms. The number of thiophene rings is 1. The van der Waals surface area contributed by atoms with E-state index in [1.807, 2.05) is 28.0 Å². The van der Waals surface area contributed by atoms with Gasteiger partial charge in [-0.25, -0.2) is 9.48 Å². The number of carbonyl (C=O) groups is 4. The van der Waals surface area contributed by atoms with Crippen molar-refractivity contribution in [3.63, 3.8) is 0 Å². The summed E-state index contributed by atoms with van der Waals surface area (Å²) in [5.74, 6) is -4.78. The predicted octanol–water partition coefficient (Wildman–Crippen LogP) is 9.41. The molecule has 1 aliphatic carbocycles. The van der Waals surface area contributed by atoms with Crippen LogP contribution in [0.15, 0.2) is 54.6 Å². The Bertz CT molecular complexity index is 2310. The molecule has 2 aromatic carbocycles. The van der Waals surface area contributed by atoms with E-state index in [4.69, 9.17) is 4.74 Å². The molecule has 7 rings (SSSR count). The molecule has 3 aliphatic heterocycles.